The van der Waals surface area contributed by atoms with Crippen LogP contribution >= 0.6 is 0 Å². The van der Waals surface area contributed by atoms with E-state index in [1.54, 1.807) is 6.92 Å². The summed E-state index contributed by atoms with van der Waals surface area (Å²) in [6, 6.07) is 1.86. The lowest BCUT2D eigenvalue weighted by Gasteiger charge is -2.27. The highest BCUT2D eigenvalue weighted by Gasteiger charge is 2.36. The van der Waals surface area contributed by atoms with Crippen LogP contribution in [-0.2, 0) is 14.4 Å². The number of hydrogen-bond donors (Lipinski definition) is 2. The van der Waals surface area contributed by atoms with Gasteiger partial charge in [-0.1, -0.05) is 6.92 Å². The average molecular weight is 240 g/mol. The molecule has 0 radical (unpaired) electrons. The standard InChI is InChI=1S/C10H16N4O3/c1-3-10(2,6-11)9(17)14(4-7(12)15)5-8(13)16/h3-5H2,1-2H3,(H2,12,15)(H2,13,16). The molecular weight excluding hydrogens is 224 g/mol. The Morgan fingerprint density at radius 1 is 1.24 bits per heavy atom. The second kappa shape index (κ2) is 5.84. The van der Waals surface area contributed by atoms with E-state index in [-0.39, 0.29) is 6.42 Å². The summed E-state index contributed by atoms with van der Waals surface area (Å²) in [6.07, 6.45) is 0.260. The van der Waals surface area contributed by atoms with E-state index < -0.39 is 36.2 Å². The van der Waals surface area contributed by atoms with Crippen LogP contribution < -0.4 is 11.5 Å². The highest BCUT2D eigenvalue weighted by Crippen LogP contribution is 2.22. The molecule has 0 saturated carbocycles. The zero-order valence-electron chi connectivity index (χ0n) is 9.90. The van der Waals surface area contributed by atoms with Crippen LogP contribution in [0.3, 0.4) is 0 Å². The molecule has 3 amide bonds. The van der Waals surface area contributed by atoms with E-state index in [4.69, 9.17) is 16.7 Å². The van der Waals surface area contributed by atoms with Gasteiger partial charge in [-0.05, 0) is 13.3 Å². The van der Waals surface area contributed by atoms with Crippen molar-refractivity contribution < 1.29 is 14.4 Å². The van der Waals surface area contributed by atoms with Crippen molar-refractivity contribution >= 4 is 17.7 Å². The first kappa shape index (κ1) is 14.9. The fraction of sp³-hybridized carbons (Fsp3) is 0.600. The van der Waals surface area contributed by atoms with Crippen molar-refractivity contribution in [3.63, 3.8) is 0 Å². The predicted molar refractivity (Wildman–Crippen MR) is 59.0 cm³/mol. The molecule has 0 spiro atoms. The molecule has 0 aromatic rings. The van der Waals surface area contributed by atoms with Gasteiger partial charge in [-0.25, -0.2) is 0 Å². The summed E-state index contributed by atoms with van der Waals surface area (Å²) in [6.45, 7) is 2.23. The maximum atomic E-state index is 12.0. The van der Waals surface area contributed by atoms with Gasteiger partial charge in [0.05, 0.1) is 19.2 Å². The molecule has 7 nitrogen and oxygen atoms in total. The van der Waals surface area contributed by atoms with Crippen molar-refractivity contribution in [3.8, 4) is 6.07 Å². The third-order valence-electron chi connectivity index (χ3n) is 2.41. The molecule has 0 aliphatic carbocycles. The number of rotatable bonds is 6. The molecule has 7 heteroatoms. The van der Waals surface area contributed by atoms with Crippen LogP contribution in [0.1, 0.15) is 20.3 Å². The third-order valence-corrected chi connectivity index (χ3v) is 2.41. The zero-order chi connectivity index (χ0) is 13.6. The third kappa shape index (κ3) is 4.10. The second-order valence-electron chi connectivity index (χ2n) is 3.89. The lowest BCUT2D eigenvalue weighted by molar-refractivity contribution is -0.143. The van der Waals surface area contributed by atoms with Gasteiger partial charge in [0.1, 0.15) is 5.41 Å². The number of hydrogen-bond acceptors (Lipinski definition) is 4. The molecule has 0 aliphatic rings. The van der Waals surface area contributed by atoms with Gasteiger partial charge in [-0.3, -0.25) is 14.4 Å². The SMILES string of the molecule is CCC(C)(C#N)C(=O)N(CC(N)=O)CC(N)=O. The summed E-state index contributed by atoms with van der Waals surface area (Å²) >= 11 is 0. The lowest BCUT2D eigenvalue weighted by atomic mass is 9.87. The summed E-state index contributed by atoms with van der Waals surface area (Å²) in [5, 5.41) is 8.94. The summed E-state index contributed by atoms with van der Waals surface area (Å²) in [5.41, 5.74) is 8.64. The van der Waals surface area contributed by atoms with Gasteiger partial charge in [0.25, 0.3) is 0 Å². The van der Waals surface area contributed by atoms with Gasteiger partial charge in [-0.15, -0.1) is 0 Å². The molecule has 0 aromatic carbocycles. The summed E-state index contributed by atoms with van der Waals surface area (Å²) < 4.78 is 0. The monoisotopic (exact) mass is 240 g/mol. The summed E-state index contributed by atoms with van der Waals surface area (Å²) in [4.78, 5) is 34.5. The quantitative estimate of drug-likeness (QED) is 0.599. The first-order valence-electron chi connectivity index (χ1n) is 5.04. The number of amides is 3. The van der Waals surface area contributed by atoms with E-state index in [1.807, 2.05) is 6.07 Å². The number of nitrogens with two attached hydrogens (primary N) is 2. The Balaban J connectivity index is 5.05. The van der Waals surface area contributed by atoms with Crippen molar-refractivity contribution in [2.45, 2.75) is 20.3 Å². The van der Waals surface area contributed by atoms with Crippen LogP contribution in [0.15, 0.2) is 0 Å². The number of nitriles is 1. The van der Waals surface area contributed by atoms with E-state index in [0.29, 0.717) is 0 Å². The molecule has 0 aromatic heterocycles. The average Bonchev–Trinajstić information content (AvgIpc) is 2.24. The maximum Gasteiger partial charge on any atom is 0.243 e. The van der Waals surface area contributed by atoms with Crippen LogP contribution in [0.25, 0.3) is 0 Å². The van der Waals surface area contributed by atoms with Gasteiger partial charge in [0.2, 0.25) is 17.7 Å². The normalized spacial score (nSPS) is 13.2. The van der Waals surface area contributed by atoms with Gasteiger partial charge >= 0.3 is 0 Å². The van der Waals surface area contributed by atoms with E-state index >= 15 is 0 Å². The molecule has 0 fully saturated rings. The molecule has 17 heavy (non-hydrogen) atoms. The Bertz CT molecular complexity index is 358. The first-order valence-corrected chi connectivity index (χ1v) is 5.04. The Morgan fingerprint density at radius 2 is 1.65 bits per heavy atom. The molecule has 0 bridgehead atoms. The van der Waals surface area contributed by atoms with E-state index in [2.05, 4.69) is 0 Å². The minimum atomic E-state index is -1.29. The minimum absolute atomic E-state index is 0.260. The summed E-state index contributed by atoms with van der Waals surface area (Å²) in [7, 11) is 0. The minimum Gasteiger partial charge on any atom is -0.368 e. The fourth-order valence-electron chi connectivity index (χ4n) is 1.20. The van der Waals surface area contributed by atoms with Crippen LogP contribution in [-0.4, -0.2) is 35.7 Å². The molecule has 0 aliphatic heterocycles. The van der Waals surface area contributed by atoms with Crippen molar-refractivity contribution in [2.75, 3.05) is 13.1 Å². The second-order valence-corrected chi connectivity index (χ2v) is 3.89. The van der Waals surface area contributed by atoms with Gasteiger partial charge in [0.15, 0.2) is 0 Å². The Kier molecular flexibility index (Phi) is 5.12. The van der Waals surface area contributed by atoms with E-state index in [1.165, 1.54) is 6.92 Å². The number of primary amides is 2. The van der Waals surface area contributed by atoms with Crippen LogP contribution in [0.4, 0.5) is 0 Å². The van der Waals surface area contributed by atoms with Crippen LogP contribution in [0, 0.1) is 16.7 Å². The molecule has 0 rings (SSSR count). The number of carbonyl (C=O) groups is 3. The molecule has 94 valence electrons. The van der Waals surface area contributed by atoms with Crippen LogP contribution in [0.2, 0.25) is 0 Å². The molecule has 0 heterocycles. The zero-order valence-corrected chi connectivity index (χ0v) is 9.90. The van der Waals surface area contributed by atoms with Gasteiger partial charge in [0, 0.05) is 0 Å². The maximum absolute atomic E-state index is 12.0. The molecule has 4 N–H and O–H groups in total. The first-order chi connectivity index (χ1) is 7.76. The summed E-state index contributed by atoms with van der Waals surface area (Å²) in [5.74, 6) is -2.16. The Hall–Kier alpha value is -2.10. The number of nitrogens with zero attached hydrogens (tertiary/aromatic N) is 2. The topological polar surface area (TPSA) is 130 Å². The number of carbonyl (C=O) groups excluding carboxylic acids is 3. The fourth-order valence-corrected chi connectivity index (χ4v) is 1.20. The highest BCUT2D eigenvalue weighted by atomic mass is 16.2. The van der Waals surface area contributed by atoms with Crippen molar-refractivity contribution in [1.82, 2.24) is 4.90 Å². The molecular formula is C10H16N4O3. The van der Waals surface area contributed by atoms with Gasteiger partial charge in [-0.2, -0.15) is 5.26 Å². The largest absolute Gasteiger partial charge is 0.368 e. The van der Waals surface area contributed by atoms with Gasteiger partial charge < -0.3 is 16.4 Å². The smallest absolute Gasteiger partial charge is 0.243 e. The predicted octanol–water partition coefficient (Wildman–Crippen LogP) is -1.27. The van der Waals surface area contributed by atoms with E-state index in [9.17, 15) is 14.4 Å². The lowest BCUT2D eigenvalue weighted by Crippen LogP contribution is -2.48. The van der Waals surface area contributed by atoms with Crippen molar-refractivity contribution in [3.05, 3.63) is 0 Å². The van der Waals surface area contributed by atoms with Crippen molar-refractivity contribution in [2.24, 2.45) is 16.9 Å². The molecule has 0 saturated heterocycles. The molecule has 1 atom stereocenters. The Morgan fingerprint density at radius 3 is 1.88 bits per heavy atom. The highest BCUT2D eigenvalue weighted by molar-refractivity contribution is 5.92. The van der Waals surface area contributed by atoms with Crippen LogP contribution in [0.5, 0.6) is 0 Å². The Labute approximate surface area is 99.3 Å². The van der Waals surface area contributed by atoms with E-state index in [0.717, 1.165) is 4.90 Å². The molecule has 1 unspecified atom stereocenters. The van der Waals surface area contributed by atoms with Crippen molar-refractivity contribution in [1.29, 1.82) is 5.26 Å².